The van der Waals surface area contributed by atoms with Gasteiger partial charge in [-0.3, -0.25) is 0 Å². The molecule has 5 heteroatoms. The minimum absolute atomic E-state index is 0.183. The van der Waals surface area contributed by atoms with E-state index in [0.717, 1.165) is 12.8 Å². The quantitative estimate of drug-likeness (QED) is 0.201. The molecule has 0 spiro atoms. The fourth-order valence-corrected chi connectivity index (χ4v) is 4.67. The van der Waals surface area contributed by atoms with Gasteiger partial charge in [0, 0.05) is 22.6 Å². The van der Waals surface area contributed by atoms with Crippen molar-refractivity contribution in [2.45, 2.75) is 58.7 Å². The maximum atomic E-state index is 15.1. The van der Waals surface area contributed by atoms with E-state index in [9.17, 15) is 8.78 Å². The predicted octanol–water partition coefficient (Wildman–Crippen LogP) is 9.19. The van der Waals surface area contributed by atoms with Crippen molar-refractivity contribution < 1.29 is 22.6 Å². The van der Waals surface area contributed by atoms with Crippen LogP contribution >= 0.6 is 0 Å². The summed E-state index contributed by atoms with van der Waals surface area (Å²) in [5, 5.41) is 0. The van der Waals surface area contributed by atoms with E-state index < -0.39 is 17.9 Å². The molecule has 0 atom stereocenters. The lowest BCUT2D eigenvalue weighted by atomic mass is 9.97. The monoisotopic (exact) mass is 508 g/mol. The van der Waals surface area contributed by atoms with Crippen molar-refractivity contribution in [3.63, 3.8) is 0 Å². The molecular formula is C32H35F3O2. The minimum Gasteiger partial charge on any atom is -0.348 e. The highest BCUT2D eigenvalue weighted by Gasteiger charge is 2.24. The third-order valence-electron chi connectivity index (χ3n) is 6.86. The zero-order chi connectivity index (χ0) is 26.2. The number of hydrogen-bond acceptors (Lipinski definition) is 2. The van der Waals surface area contributed by atoms with Crippen LogP contribution in [0.2, 0.25) is 0 Å². The van der Waals surface area contributed by atoms with Gasteiger partial charge < -0.3 is 9.47 Å². The molecule has 0 amide bonds. The molecule has 0 saturated carbocycles. The molecule has 0 radical (unpaired) electrons. The lowest BCUT2D eigenvalue weighted by molar-refractivity contribution is -0.206. The van der Waals surface area contributed by atoms with Crippen LogP contribution in [0, 0.1) is 23.4 Å². The molecular weight excluding hydrogens is 473 g/mol. The number of halogens is 3. The van der Waals surface area contributed by atoms with Gasteiger partial charge in [-0.25, -0.2) is 13.2 Å². The number of ether oxygens (including phenoxy) is 2. The van der Waals surface area contributed by atoms with E-state index in [1.54, 1.807) is 42.5 Å². The second-order valence-corrected chi connectivity index (χ2v) is 9.66. The largest absolute Gasteiger partial charge is 0.348 e. The molecule has 1 heterocycles. The summed E-state index contributed by atoms with van der Waals surface area (Å²) in [6, 6.07) is 15.0. The fraction of sp³-hybridized carbons (Fsp3) is 0.375. The van der Waals surface area contributed by atoms with E-state index in [4.69, 9.17) is 9.47 Å². The molecule has 0 N–H and O–H groups in total. The number of benzene rings is 3. The van der Waals surface area contributed by atoms with Gasteiger partial charge in [0.1, 0.15) is 5.82 Å². The lowest BCUT2D eigenvalue weighted by Gasteiger charge is -2.29. The van der Waals surface area contributed by atoms with Gasteiger partial charge in [-0.15, -0.1) is 0 Å². The summed E-state index contributed by atoms with van der Waals surface area (Å²) >= 11 is 0. The van der Waals surface area contributed by atoms with Crippen LogP contribution in [-0.4, -0.2) is 13.2 Å². The minimum atomic E-state index is -0.870. The van der Waals surface area contributed by atoms with Crippen LogP contribution in [0.3, 0.4) is 0 Å². The summed E-state index contributed by atoms with van der Waals surface area (Å²) in [5.74, 6) is -1.70. The first-order valence-corrected chi connectivity index (χ1v) is 13.3. The highest BCUT2D eigenvalue weighted by Crippen LogP contribution is 2.33. The zero-order valence-corrected chi connectivity index (χ0v) is 21.6. The van der Waals surface area contributed by atoms with E-state index in [-0.39, 0.29) is 11.4 Å². The van der Waals surface area contributed by atoms with Crippen molar-refractivity contribution in [2.75, 3.05) is 13.2 Å². The van der Waals surface area contributed by atoms with Crippen molar-refractivity contribution in [1.29, 1.82) is 0 Å². The van der Waals surface area contributed by atoms with Crippen LogP contribution in [0.25, 0.3) is 22.3 Å². The van der Waals surface area contributed by atoms with Crippen LogP contribution < -0.4 is 0 Å². The van der Waals surface area contributed by atoms with Crippen molar-refractivity contribution in [3.8, 4) is 22.3 Å². The first-order valence-electron chi connectivity index (χ1n) is 13.3. The maximum Gasteiger partial charge on any atom is 0.183 e. The van der Waals surface area contributed by atoms with E-state index in [2.05, 4.69) is 6.92 Å². The standard InChI is InChI=1S/C32H35F3O2/c1-3-5-7-9-22-20-36-32(37-21-22)26-16-17-27(29(33)19-26)23-11-13-24(14-12-23)28-18-15-25(10-8-6-4-2)30(34)31(28)35/h6,8,11-19,22,32H,3-5,7,9-10,20-21H2,1-2H3/b8-6-. The fourth-order valence-electron chi connectivity index (χ4n) is 4.67. The normalized spacial score (nSPS) is 18.0. The predicted molar refractivity (Wildman–Crippen MR) is 143 cm³/mol. The Kier molecular flexibility index (Phi) is 9.59. The molecule has 3 aromatic carbocycles. The van der Waals surface area contributed by atoms with E-state index >= 15 is 4.39 Å². The van der Waals surface area contributed by atoms with Crippen molar-refractivity contribution in [2.24, 2.45) is 5.92 Å². The van der Waals surface area contributed by atoms with Crippen LogP contribution in [0.4, 0.5) is 13.2 Å². The Morgan fingerprint density at radius 2 is 1.46 bits per heavy atom. The number of hydrogen-bond donors (Lipinski definition) is 0. The molecule has 1 saturated heterocycles. The third kappa shape index (κ3) is 6.71. The van der Waals surface area contributed by atoms with Crippen molar-refractivity contribution in [3.05, 3.63) is 95.3 Å². The Labute approximate surface area is 218 Å². The van der Waals surface area contributed by atoms with Gasteiger partial charge in [0.2, 0.25) is 0 Å². The topological polar surface area (TPSA) is 18.5 Å². The molecule has 0 bridgehead atoms. The van der Waals surface area contributed by atoms with Gasteiger partial charge in [0.25, 0.3) is 0 Å². The molecule has 2 nitrogen and oxygen atoms in total. The van der Waals surface area contributed by atoms with E-state index in [1.165, 1.54) is 25.3 Å². The van der Waals surface area contributed by atoms with Gasteiger partial charge in [-0.05, 0) is 42.0 Å². The van der Waals surface area contributed by atoms with Gasteiger partial charge in [-0.2, -0.15) is 0 Å². The first kappa shape index (κ1) is 27.2. The molecule has 0 aliphatic carbocycles. The van der Waals surface area contributed by atoms with Crippen molar-refractivity contribution in [1.82, 2.24) is 0 Å². The van der Waals surface area contributed by atoms with Gasteiger partial charge in [0.05, 0.1) is 13.2 Å². The summed E-state index contributed by atoms with van der Waals surface area (Å²) in [6.45, 7) is 5.41. The number of rotatable bonds is 10. The SMILES string of the molecule is CC/C=C\Cc1ccc(-c2ccc(-c3ccc(C4OCC(CCCCC)CO4)cc3F)cc2)c(F)c1F. The lowest BCUT2D eigenvalue weighted by Crippen LogP contribution is -2.27. The summed E-state index contributed by atoms with van der Waals surface area (Å²) in [7, 11) is 0. The molecule has 3 aromatic rings. The summed E-state index contributed by atoms with van der Waals surface area (Å²) in [4.78, 5) is 0. The highest BCUT2D eigenvalue weighted by atomic mass is 19.2. The van der Waals surface area contributed by atoms with E-state index in [1.807, 2.05) is 25.1 Å². The molecule has 1 fully saturated rings. The summed E-state index contributed by atoms with van der Waals surface area (Å²) in [6.07, 6.45) is 9.05. The average Bonchev–Trinajstić information content (AvgIpc) is 2.92. The Morgan fingerprint density at radius 1 is 0.784 bits per heavy atom. The molecule has 0 unspecified atom stereocenters. The molecule has 4 rings (SSSR count). The zero-order valence-electron chi connectivity index (χ0n) is 21.6. The Bertz CT molecular complexity index is 1200. The Balaban J connectivity index is 1.44. The van der Waals surface area contributed by atoms with E-state index in [0.29, 0.717) is 53.4 Å². The maximum absolute atomic E-state index is 15.1. The smallest absolute Gasteiger partial charge is 0.183 e. The van der Waals surface area contributed by atoms with Crippen LogP contribution in [0.5, 0.6) is 0 Å². The Morgan fingerprint density at radius 3 is 2.11 bits per heavy atom. The van der Waals surface area contributed by atoms with Crippen LogP contribution in [0.1, 0.15) is 63.4 Å². The van der Waals surface area contributed by atoms with Crippen LogP contribution in [0.15, 0.2) is 66.7 Å². The van der Waals surface area contributed by atoms with Gasteiger partial charge >= 0.3 is 0 Å². The highest BCUT2D eigenvalue weighted by molar-refractivity contribution is 5.71. The van der Waals surface area contributed by atoms with Gasteiger partial charge in [-0.1, -0.05) is 93.8 Å². The number of allylic oxidation sites excluding steroid dienone is 2. The third-order valence-corrected chi connectivity index (χ3v) is 6.86. The first-order chi connectivity index (χ1) is 18.0. The Hall–Kier alpha value is -2.89. The molecule has 1 aliphatic rings. The second kappa shape index (κ2) is 13.1. The molecule has 1 aliphatic heterocycles. The molecule has 0 aromatic heterocycles. The number of unbranched alkanes of at least 4 members (excludes halogenated alkanes) is 2. The molecule has 196 valence electrons. The molecule has 37 heavy (non-hydrogen) atoms. The summed E-state index contributed by atoms with van der Waals surface area (Å²) in [5.41, 5.74) is 2.76. The summed E-state index contributed by atoms with van der Waals surface area (Å²) < 4.78 is 56.2. The van der Waals surface area contributed by atoms with Crippen molar-refractivity contribution >= 4 is 0 Å². The van der Waals surface area contributed by atoms with Gasteiger partial charge in [0.15, 0.2) is 17.9 Å². The second-order valence-electron chi connectivity index (χ2n) is 9.66. The van der Waals surface area contributed by atoms with Crippen LogP contribution in [-0.2, 0) is 15.9 Å². The average molecular weight is 509 g/mol.